The highest BCUT2D eigenvalue weighted by Crippen LogP contribution is 1.98. The molecule has 0 aromatic rings. The molecule has 0 saturated carbocycles. The van der Waals surface area contributed by atoms with Crippen LogP contribution in [0, 0.1) is 0 Å². The molecular weight excluding hydrogens is 254 g/mol. The SMILES string of the molecule is O=C1CNCCCN2CCNCCN(CCCN1)CC2. The highest BCUT2D eigenvalue weighted by Gasteiger charge is 2.12. The minimum atomic E-state index is 0.122. The summed E-state index contributed by atoms with van der Waals surface area (Å²) in [5, 5.41) is 9.72. The molecule has 2 saturated heterocycles. The van der Waals surface area contributed by atoms with Gasteiger partial charge in [0.15, 0.2) is 0 Å². The van der Waals surface area contributed by atoms with Crippen LogP contribution in [-0.2, 0) is 4.79 Å². The Balaban J connectivity index is 1.86. The van der Waals surface area contributed by atoms with Gasteiger partial charge in [0.25, 0.3) is 0 Å². The predicted octanol–water partition coefficient (Wildman–Crippen LogP) is -1.31. The minimum Gasteiger partial charge on any atom is -0.355 e. The quantitative estimate of drug-likeness (QED) is 0.515. The third kappa shape index (κ3) is 6.17. The molecule has 20 heavy (non-hydrogen) atoms. The van der Waals surface area contributed by atoms with E-state index in [0.29, 0.717) is 6.54 Å². The molecule has 2 fully saturated rings. The normalized spacial score (nSPS) is 31.5. The Morgan fingerprint density at radius 1 is 0.700 bits per heavy atom. The molecular formula is C14H29N5O. The first-order chi connectivity index (χ1) is 9.84. The van der Waals surface area contributed by atoms with Gasteiger partial charge in [-0.05, 0) is 32.5 Å². The van der Waals surface area contributed by atoms with E-state index in [0.717, 1.165) is 78.3 Å². The van der Waals surface area contributed by atoms with Crippen molar-refractivity contribution in [3.05, 3.63) is 0 Å². The van der Waals surface area contributed by atoms with Gasteiger partial charge < -0.3 is 25.8 Å². The Hall–Kier alpha value is -0.690. The number of hydrogen-bond acceptors (Lipinski definition) is 5. The summed E-state index contributed by atoms with van der Waals surface area (Å²) < 4.78 is 0. The molecule has 0 aromatic carbocycles. The smallest absolute Gasteiger partial charge is 0.233 e. The second kappa shape index (κ2) is 9.28. The monoisotopic (exact) mass is 283 g/mol. The lowest BCUT2D eigenvalue weighted by Gasteiger charge is -2.26. The molecule has 2 unspecified atom stereocenters. The molecule has 3 N–H and O–H groups in total. The average Bonchev–Trinajstić information content (AvgIpc) is 2.55. The summed E-state index contributed by atoms with van der Waals surface area (Å²) in [4.78, 5) is 16.6. The van der Waals surface area contributed by atoms with Crippen molar-refractivity contribution >= 4 is 5.91 Å². The van der Waals surface area contributed by atoms with Crippen LogP contribution in [0.3, 0.4) is 0 Å². The first-order valence-corrected chi connectivity index (χ1v) is 7.97. The number of rotatable bonds is 0. The van der Waals surface area contributed by atoms with Crippen LogP contribution in [0.5, 0.6) is 0 Å². The van der Waals surface area contributed by atoms with Gasteiger partial charge in [0.2, 0.25) is 5.91 Å². The molecule has 2 aliphatic rings. The zero-order valence-electron chi connectivity index (χ0n) is 12.5. The van der Waals surface area contributed by atoms with Crippen LogP contribution in [0.15, 0.2) is 0 Å². The molecule has 6 heteroatoms. The number of hydrogen-bond donors (Lipinski definition) is 3. The Bertz CT molecular complexity index is 287. The van der Waals surface area contributed by atoms with Crippen LogP contribution in [0.25, 0.3) is 0 Å². The molecule has 0 spiro atoms. The van der Waals surface area contributed by atoms with E-state index in [2.05, 4.69) is 25.8 Å². The van der Waals surface area contributed by atoms with Gasteiger partial charge in [-0.1, -0.05) is 0 Å². The lowest BCUT2D eigenvalue weighted by molar-refractivity contribution is -0.120. The van der Waals surface area contributed by atoms with Crippen molar-refractivity contribution in [3.8, 4) is 0 Å². The summed E-state index contributed by atoms with van der Waals surface area (Å²) in [6.45, 7) is 11.0. The van der Waals surface area contributed by atoms with Crippen LogP contribution in [0.1, 0.15) is 12.8 Å². The first kappa shape index (κ1) is 15.7. The zero-order chi connectivity index (χ0) is 14.0. The summed E-state index contributed by atoms with van der Waals surface area (Å²) in [5.74, 6) is 0.122. The topological polar surface area (TPSA) is 59.6 Å². The number of fused-ring (bicyclic) bond motifs is 3. The van der Waals surface area contributed by atoms with Crippen molar-refractivity contribution in [2.45, 2.75) is 12.8 Å². The van der Waals surface area contributed by atoms with Gasteiger partial charge in [-0.2, -0.15) is 0 Å². The lowest BCUT2D eigenvalue weighted by Crippen LogP contribution is -2.40. The molecule has 0 aliphatic carbocycles. The standard InChI is InChI=1S/C14H29N5O/c20-14-13-16-3-1-7-18-9-5-15-6-10-19(12-11-18)8-2-4-17-14/h15-16H,1-13H2,(H,17,20). The maximum atomic E-state index is 11.6. The Morgan fingerprint density at radius 3 is 2.05 bits per heavy atom. The second-order valence-corrected chi connectivity index (χ2v) is 5.67. The van der Waals surface area contributed by atoms with Gasteiger partial charge in [-0.15, -0.1) is 0 Å². The number of amides is 1. The molecule has 0 radical (unpaired) electrons. The molecule has 2 rings (SSSR count). The van der Waals surface area contributed by atoms with Crippen LogP contribution in [0.4, 0.5) is 0 Å². The van der Waals surface area contributed by atoms with Gasteiger partial charge in [-0.25, -0.2) is 0 Å². The number of carbonyl (C=O) groups excluding carboxylic acids is 1. The molecule has 6 nitrogen and oxygen atoms in total. The minimum absolute atomic E-state index is 0.122. The van der Waals surface area contributed by atoms with E-state index in [1.54, 1.807) is 0 Å². The fourth-order valence-corrected chi connectivity index (χ4v) is 2.78. The summed E-state index contributed by atoms with van der Waals surface area (Å²) in [6, 6.07) is 0. The largest absolute Gasteiger partial charge is 0.355 e. The fraction of sp³-hybridized carbons (Fsp3) is 0.929. The zero-order valence-corrected chi connectivity index (χ0v) is 12.5. The van der Waals surface area contributed by atoms with E-state index >= 15 is 0 Å². The van der Waals surface area contributed by atoms with E-state index in [1.165, 1.54) is 0 Å². The number of nitrogens with one attached hydrogen (secondary N) is 3. The van der Waals surface area contributed by atoms with Crippen LogP contribution < -0.4 is 16.0 Å². The average molecular weight is 283 g/mol. The van der Waals surface area contributed by atoms with E-state index < -0.39 is 0 Å². The molecule has 2 bridgehead atoms. The Kier molecular flexibility index (Phi) is 7.28. The van der Waals surface area contributed by atoms with Crippen LogP contribution >= 0.6 is 0 Å². The molecule has 2 aliphatic heterocycles. The van der Waals surface area contributed by atoms with E-state index in [-0.39, 0.29) is 5.91 Å². The van der Waals surface area contributed by atoms with Gasteiger partial charge in [0, 0.05) is 45.8 Å². The molecule has 116 valence electrons. The molecule has 1 amide bonds. The van der Waals surface area contributed by atoms with E-state index in [4.69, 9.17) is 0 Å². The highest BCUT2D eigenvalue weighted by molar-refractivity contribution is 5.77. The second-order valence-electron chi connectivity index (χ2n) is 5.67. The van der Waals surface area contributed by atoms with Crippen molar-refractivity contribution in [2.24, 2.45) is 0 Å². The number of nitrogens with zero attached hydrogens (tertiary/aromatic N) is 2. The fourth-order valence-electron chi connectivity index (χ4n) is 2.78. The first-order valence-electron chi connectivity index (χ1n) is 7.97. The Labute approximate surface area is 122 Å². The van der Waals surface area contributed by atoms with E-state index in [9.17, 15) is 4.79 Å². The van der Waals surface area contributed by atoms with Gasteiger partial charge in [0.05, 0.1) is 6.54 Å². The third-order valence-electron chi connectivity index (χ3n) is 4.03. The van der Waals surface area contributed by atoms with Crippen molar-refractivity contribution in [3.63, 3.8) is 0 Å². The molecule has 2 heterocycles. The van der Waals surface area contributed by atoms with Crippen LogP contribution in [0.2, 0.25) is 0 Å². The molecule has 0 aromatic heterocycles. The summed E-state index contributed by atoms with van der Waals surface area (Å²) >= 11 is 0. The lowest BCUT2D eigenvalue weighted by atomic mass is 10.3. The highest BCUT2D eigenvalue weighted by atomic mass is 16.1. The Morgan fingerprint density at radius 2 is 1.35 bits per heavy atom. The predicted molar refractivity (Wildman–Crippen MR) is 80.9 cm³/mol. The van der Waals surface area contributed by atoms with Gasteiger partial charge >= 0.3 is 0 Å². The van der Waals surface area contributed by atoms with Crippen molar-refractivity contribution in [2.75, 3.05) is 72.0 Å². The van der Waals surface area contributed by atoms with Crippen molar-refractivity contribution < 1.29 is 4.79 Å². The van der Waals surface area contributed by atoms with Gasteiger partial charge in [0.1, 0.15) is 0 Å². The summed E-state index contributed by atoms with van der Waals surface area (Å²) in [6.07, 6.45) is 2.14. The maximum absolute atomic E-state index is 11.6. The van der Waals surface area contributed by atoms with Crippen molar-refractivity contribution in [1.82, 2.24) is 25.8 Å². The van der Waals surface area contributed by atoms with Crippen molar-refractivity contribution in [1.29, 1.82) is 0 Å². The number of carbonyl (C=O) groups is 1. The van der Waals surface area contributed by atoms with E-state index in [1.807, 2.05) is 0 Å². The van der Waals surface area contributed by atoms with Crippen LogP contribution in [-0.4, -0.2) is 87.7 Å². The third-order valence-corrected chi connectivity index (χ3v) is 4.03. The summed E-state index contributed by atoms with van der Waals surface area (Å²) in [7, 11) is 0. The summed E-state index contributed by atoms with van der Waals surface area (Å²) in [5.41, 5.74) is 0. The maximum Gasteiger partial charge on any atom is 0.233 e. The molecule has 2 atom stereocenters. The van der Waals surface area contributed by atoms with Gasteiger partial charge in [-0.3, -0.25) is 4.79 Å².